The summed E-state index contributed by atoms with van der Waals surface area (Å²) in [5.41, 5.74) is 2.81. The third-order valence-electron chi connectivity index (χ3n) is 4.16. The largest absolute Gasteiger partial charge is 0.289 e. The average Bonchev–Trinajstić information content (AvgIpc) is 2.56. The van der Waals surface area contributed by atoms with Gasteiger partial charge in [0.05, 0.1) is 0 Å². The molecule has 0 saturated heterocycles. The van der Waals surface area contributed by atoms with E-state index in [0.717, 1.165) is 37.9 Å². The van der Waals surface area contributed by atoms with Gasteiger partial charge in [0, 0.05) is 10.8 Å². The van der Waals surface area contributed by atoms with Crippen molar-refractivity contribution in [3.05, 3.63) is 88.3 Å². The van der Waals surface area contributed by atoms with Crippen LogP contribution in [-0.4, -0.2) is 5.78 Å². The molecule has 3 aromatic rings. The minimum absolute atomic E-state index is 0.0416. The maximum Gasteiger partial charge on any atom is 0.187 e. The second kappa shape index (κ2) is 4.81. The summed E-state index contributed by atoms with van der Waals surface area (Å²) >= 11 is 0. The smallest absolute Gasteiger partial charge is 0.187 e. The lowest BCUT2D eigenvalue weighted by Gasteiger charge is -2.14. The lowest BCUT2D eigenvalue weighted by molar-refractivity contribution is -0.109. The fourth-order valence-electron chi connectivity index (χ4n) is 3.12. The summed E-state index contributed by atoms with van der Waals surface area (Å²) in [5, 5.41) is 4.02. The topological polar surface area (TPSA) is 17.1 Å². The van der Waals surface area contributed by atoms with E-state index in [4.69, 9.17) is 0 Å². The van der Waals surface area contributed by atoms with Crippen molar-refractivity contribution in [1.82, 2.24) is 0 Å². The Morgan fingerprint density at radius 1 is 0.773 bits per heavy atom. The van der Waals surface area contributed by atoms with E-state index in [9.17, 15) is 4.79 Å². The van der Waals surface area contributed by atoms with E-state index in [1.165, 1.54) is 0 Å². The molecule has 3 aromatic carbocycles. The fraction of sp³-hybridized carbons (Fsp3) is 0. The van der Waals surface area contributed by atoms with Gasteiger partial charge in [0.25, 0.3) is 0 Å². The summed E-state index contributed by atoms with van der Waals surface area (Å²) in [4.78, 5) is 12.6. The van der Waals surface area contributed by atoms with Crippen LogP contribution >= 0.6 is 0 Å². The van der Waals surface area contributed by atoms with E-state index in [2.05, 4.69) is 24.8 Å². The molecular weight excluding hydrogens is 268 g/mol. The summed E-state index contributed by atoms with van der Waals surface area (Å²) in [7, 11) is 0. The van der Waals surface area contributed by atoms with Gasteiger partial charge in [-0.05, 0) is 33.2 Å². The molecule has 0 unspecified atom stereocenters. The van der Waals surface area contributed by atoms with Crippen LogP contribution in [0.3, 0.4) is 0 Å². The quantitative estimate of drug-likeness (QED) is 0.619. The number of hydrogen-bond donors (Lipinski definition) is 0. The molecule has 1 nitrogen and oxygen atoms in total. The highest BCUT2D eigenvalue weighted by Gasteiger charge is 2.18. The van der Waals surface area contributed by atoms with E-state index in [0.29, 0.717) is 0 Å². The summed E-state index contributed by atoms with van der Waals surface area (Å²) in [5.74, 6) is 0.0416. The lowest BCUT2D eigenvalue weighted by atomic mass is 9.88. The fourth-order valence-corrected chi connectivity index (χ4v) is 3.12. The Bertz CT molecular complexity index is 1050. The van der Waals surface area contributed by atoms with Crippen LogP contribution in [0.2, 0.25) is 0 Å². The Morgan fingerprint density at radius 2 is 1.55 bits per heavy atom. The first-order valence-corrected chi connectivity index (χ1v) is 7.28. The third-order valence-corrected chi connectivity index (χ3v) is 4.16. The lowest BCUT2D eigenvalue weighted by Crippen LogP contribution is -2.30. The highest BCUT2D eigenvalue weighted by atomic mass is 16.1. The molecule has 0 amide bonds. The van der Waals surface area contributed by atoms with Crippen LogP contribution in [-0.2, 0) is 4.79 Å². The van der Waals surface area contributed by atoms with Gasteiger partial charge in [-0.25, -0.2) is 0 Å². The summed E-state index contributed by atoms with van der Waals surface area (Å²) in [6.07, 6.45) is 3.54. The Hall–Kier alpha value is -2.93. The number of hydrogen-bond acceptors (Lipinski definition) is 1. The molecule has 0 atom stereocenters. The number of rotatable bonds is 0. The molecule has 1 heteroatoms. The van der Waals surface area contributed by atoms with Crippen molar-refractivity contribution >= 4 is 34.8 Å². The van der Waals surface area contributed by atoms with Crippen LogP contribution in [0.15, 0.2) is 66.7 Å². The normalized spacial score (nSPS) is 15.9. The first-order valence-electron chi connectivity index (χ1n) is 7.28. The zero-order valence-electron chi connectivity index (χ0n) is 12.0. The number of allylic oxidation sites excluding steroid dienone is 1. The first-order chi connectivity index (χ1) is 10.8. The molecule has 0 heterocycles. The molecule has 0 spiro atoms. The molecule has 0 aliphatic heterocycles. The standard InChI is InChI=1S/C21H14O/c1-14-10-11-15-6-2-4-8-17(15)20(14)21-18-9-5-3-7-16(18)12-13-19(21)22/h2-13H,1H2/b21-20+. The maximum atomic E-state index is 12.6. The Kier molecular flexibility index (Phi) is 2.80. The van der Waals surface area contributed by atoms with Gasteiger partial charge in [-0.3, -0.25) is 4.79 Å². The molecule has 104 valence electrons. The van der Waals surface area contributed by atoms with E-state index in [1.54, 1.807) is 6.08 Å². The monoisotopic (exact) mass is 282 g/mol. The van der Waals surface area contributed by atoms with Crippen LogP contribution in [0.1, 0.15) is 11.1 Å². The van der Waals surface area contributed by atoms with Crippen molar-refractivity contribution in [2.75, 3.05) is 0 Å². The molecule has 1 aliphatic carbocycles. The minimum atomic E-state index is 0.0416. The Labute approximate surface area is 128 Å². The number of benzene rings is 3. The van der Waals surface area contributed by atoms with Gasteiger partial charge in [0.15, 0.2) is 5.78 Å². The molecular formula is C21H14O. The number of carbonyl (C=O) groups is 1. The highest BCUT2D eigenvalue weighted by molar-refractivity contribution is 6.30. The second-order valence-electron chi connectivity index (χ2n) is 5.48. The van der Waals surface area contributed by atoms with Crippen molar-refractivity contribution in [1.29, 1.82) is 0 Å². The predicted molar refractivity (Wildman–Crippen MR) is 91.7 cm³/mol. The molecule has 0 fully saturated rings. The Morgan fingerprint density at radius 3 is 2.45 bits per heavy atom. The number of carbonyl (C=O) groups excluding carboxylic acids is 1. The molecule has 22 heavy (non-hydrogen) atoms. The van der Waals surface area contributed by atoms with E-state index in [-0.39, 0.29) is 5.78 Å². The molecule has 0 radical (unpaired) electrons. The zero-order chi connectivity index (χ0) is 15.1. The average molecular weight is 282 g/mol. The number of ketones is 1. The molecule has 0 N–H and O–H groups in total. The molecule has 0 aromatic heterocycles. The molecule has 0 bridgehead atoms. The minimum Gasteiger partial charge on any atom is -0.289 e. The van der Waals surface area contributed by atoms with Crippen LogP contribution in [0.4, 0.5) is 0 Å². The van der Waals surface area contributed by atoms with Gasteiger partial charge in [-0.2, -0.15) is 0 Å². The van der Waals surface area contributed by atoms with Crippen LogP contribution < -0.4 is 10.4 Å². The van der Waals surface area contributed by atoms with Crippen LogP contribution in [0.5, 0.6) is 0 Å². The second-order valence-corrected chi connectivity index (χ2v) is 5.48. The van der Waals surface area contributed by atoms with Gasteiger partial charge in [0.2, 0.25) is 0 Å². The molecule has 4 rings (SSSR count). The number of fused-ring (bicyclic) bond motifs is 2. The van der Waals surface area contributed by atoms with Gasteiger partial charge < -0.3 is 0 Å². The van der Waals surface area contributed by atoms with Gasteiger partial charge in [-0.1, -0.05) is 73.3 Å². The van der Waals surface area contributed by atoms with Gasteiger partial charge >= 0.3 is 0 Å². The van der Waals surface area contributed by atoms with Gasteiger partial charge in [0.1, 0.15) is 0 Å². The van der Waals surface area contributed by atoms with Crippen molar-refractivity contribution in [3.8, 4) is 0 Å². The molecule has 1 aliphatic rings. The van der Waals surface area contributed by atoms with Crippen molar-refractivity contribution in [2.45, 2.75) is 0 Å². The van der Waals surface area contributed by atoms with Crippen molar-refractivity contribution in [3.63, 3.8) is 0 Å². The van der Waals surface area contributed by atoms with Crippen LogP contribution in [0, 0.1) is 0 Å². The molecule has 0 saturated carbocycles. The van der Waals surface area contributed by atoms with Gasteiger partial charge in [-0.15, -0.1) is 0 Å². The van der Waals surface area contributed by atoms with E-state index in [1.807, 2.05) is 48.5 Å². The summed E-state index contributed by atoms with van der Waals surface area (Å²) in [6.45, 7) is 4.16. The van der Waals surface area contributed by atoms with E-state index < -0.39 is 0 Å². The summed E-state index contributed by atoms with van der Waals surface area (Å²) in [6, 6.07) is 20.2. The Balaban J connectivity index is 2.29. The summed E-state index contributed by atoms with van der Waals surface area (Å²) < 4.78 is 0. The SMILES string of the molecule is C=c1ccc2ccccc2/c1=C1/C(=O)C=Cc2ccccc21. The highest BCUT2D eigenvalue weighted by Crippen LogP contribution is 2.24. The van der Waals surface area contributed by atoms with Crippen molar-refractivity contribution in [2.24, 2.45) is 0 Å². The zero-order valence-corrected chi connectivity index (χ0v) is 12.0. The first kappa shape index (κ1) is 12.8. The van der Waals surface area contributed by atoms with E-state index >= 15 is 0 Å². The van der Waals surface area contributed by atoms with Crippen LogP contribution in [0.25, 0.3) is 29.0 Å². The maximum absolute atomic E-state index is 12.6. The third kappa shape index (κ3) is 1.83. The predicted octanol–water partition coefficient (Wildman–Crippen LogP) is 3.05. The van der Waals surface area contributed by atoms with Crippen molar-refractivity contribution < 1.29 is 4.79 Å².